The number of nitro benzene ring substituents is 1. The number of hydrogen-bond donors (Lipinski definition) is 0. The van der Waals surface area contributed by atoms with Crippen molar-refractivity contribution in [1.29, 1.82) is 0 Å². The second-order valence-corrected chi connectivity index (χ2v) is 6.84. The quantitative estimate of drug-likeness (QED) is 0.269. The summed E-state index contributed by atoms with van der Waals surface area (Å²) in [4.78, 5) is 22.6. The summed E-state index contributed by atoms with van der Waals surface area (Å²) in [5.74, 6) is 1.26. The van der Waals surface area contributed by atoms with E-state index in [4.69, 9.17) is 9.47 Å². The van der Waals surface area contributed by atoms with Crippen LogP contribution in [0.1, 0.15) is 10.4 Å². The average molecular weight is 395 g/mol. The number of nitrogens with zero attached hydrogens (tertiary/aromatic N) is 3. The van der Waals surface area contributed by atoms with Crippen LogP contribution in [-0.4, -0.2) is 33.4 Å². The number of thioether (sulfide) groups is 1. The Labute approximate surface area is 163 Å². The van der Waals surface area contributed by atoms with Crippen LogP contribution in [0, 0.1) is 10.1 Å². The molecule has 0 radical (unpaired) electrons. The van der Waals surface area contributed by atoms with E-state index < -0.39 is 4.92 Å². The highest BCUT2D eigenvalue weighted by Crippen LogP contribution is 2.35. The fraction of sp³-hybridized carbons (Fsp3) is 0.105. The van der Waals surface area contributed by atoms with Crippen LogP contribution in [0.2, 0.25) is 0 Å². The number of hydrogen-bond acceptors (Lipinski definition) is 8. The number of ether oxygens (including phenoxy) is 2. The van der Waals surface area contributed by atoms with Gasteiger partial charge in [-0.25, -0.2) is 0 Å². The molecule has 0 bridgehead atoms. The molecule has 1 aromatic heterocycles. The first-order valence-electron chi connectivity index (χ1n) is 8.24. The summed E-state index contributed by atoms with van der Waals surface area (Å²) in [5.41, 5.74) is 1.71. The van der Waals surface area contributed by atoms with Gasteiger partial charge in [-0.1, -0.05) is 23.9 Å². The smallest absolute Gasteiger partial charge is 0.270 e. The zero-order valence-electron chi connectivity index (χ0n) is 14.4. The summed E-state index contributed by atoms with van der Waals surface area (Å²) in [6, 6.07) is 14.8. The molecule has 0 saturated carbocycles. The van der Waals surface area contributed by atoms with Gasteiger partial charge in [0, 0.05) is 23.3 Å². The molecule has 0 amide bonds. The fourth-order valence-electron chi connectivity index (χ4n) is 2.62. The second kappa shape index (κ2) is 7.65. The molecular weight excluding hydrogens is 382 g/mol. The number of Topliss-reactive ketones (excluding diaryl/α,β-unsaturated/α-hetero) is 1. The molecule has 3 aromatic rings. The zero-order valence-corrected chi connectivity index (χ0v) is 15.2. The molecule has 1 aliphatic rings. The molecule has 0 aliphatic carbocycles. The van der Waals surface area contributed by atoms with Crippen molar-refractivity contribution in [2.45, 2.75) is 5.03 Å². The molecule has 0 atom stereocenters. The molecular formula is C19H13N3O5S. The maximum absolute atomic E-state index is 12.3. The van der Waals surface area contributed by atoms with Gasteiger partial charge in [-0.05, 0) is 30.3 Å². The molecule has 9 heteroatoms. The minimum atomic E-state index is -0.524. The molecule has 8 nitrogen and oxygen atoms in total. The van der Waals surface area contributed by atoms with Crippen LogP contribution in [0.4, 0.5) is 5.69 Å². The topological polar surface area (TPSA) is 104 Å². The molecule has 0 saturated heterocycles. The normalized spacial score (nSPS) is 12.0. The van der Waals surface area contributed by atoms with Crippen LogP contribution in [-0.2, 0) is 0 Å². The third-order valence-electron chi connectivity index (χ3n) is 4.04. The van der Waals surface area contributed by atoms with Gasteiger partial charge in [0.1, 0.15) is 5.03 Å². The zero-order chi connectivity index (χ0) is 19.5. The van der Waals surface area contributed by atoms with Crippen LogP contribution >= 0.6 is 11.8 Å². The van der Waals surface area contributed by atoms with Crippen LogP contribution in [0.15, 0.2) is 59.6 Å². The number of fused-ring (bicyclic) bond motifs is 1. The van der Waals surface area contributed by atoms with Crippen molar-refractivity contribution in [3.8, 4) is 22.8 Å². The van der Waals surface area contributed by atoms with Gasteiger partial charge in [-0.3, -0.25) is 14.9 Å². The molecule has 1 aliphatic heterocycles. The molecule has 0 fully saturated rings. The van der Waals surface area contributed by atoms with E-state index in [2.05, 4.69) is 10.2 Å². The minimum Gasteiger partial charge on any atom is -0.454 e. The van der Waals surface area contributed by atoms with Crippen LogP contribution < -0.4 is 9.47 Å². The molecule has 28 heavy (non-hydrogen) atoms. The van der Waals surface area contributed by atoms with E-state index in [0.717, 1.165) is 5.56 Å². The van der Waals surface area contributed by atoms with Crippen LogP contribution in [0.3, 0.4) is 0 Å². The van der Waals surface area contributed by atoms with E-state index in [-0.39, 0.29) is 24.0 Å². The summed E-state index contributed by atoms with van der Waals surface area (Å²) in [6.45, 7) is 0.207. The summed E-state index contributed by atoms with van der Waals surface area (Å²) >= 11 is 1.22. The number of ketones is 1. The lowest BCUT2D eigenvalue weighted by Gasteiger charge is -2.04. The van der Waals surface area contributed by atoms with Gasteiger partial charge in [0.25, 0.3) is 5.69 Å². The number of rotatable bonds is 6. The summed E-state index contributed by atoms with van der Waals surface area (Å²) in [5, 5.41) is 19.7. The number of non-ortho nitro benzene ring substituents is 1. The highest BCUT2D eigenvalue weighted by molar-refractivity contribution is 7.99. The van der Waals surface area contributed by atoms with Crippen molar-refractivity contribution in [1.82, 2.24) is 10.2 Å². The van der Waals surface area contributed by atoms with Crippen molar-refractivity contribution in [3.63, 3.8) is 0 Å². The lowest BCUT2D eigenvalue weighted by molar-refractivity contribution is -0.384. The highest BCUT2D eigenvalue weighted by Gasteiger charge is 2.15. The molecule has 0 N–H and O–H groups in total. The number of carbonyl (C=O) groups is 1. The monoisotopic (exact) mass is 395 g/mol. The van der Waals surface area contributed by atoms with Gasteiger partial charge in [-0.15, -0.1) is 10.2 Å². The van der Waals surface area contributed by atoms with Crippen molar-refractivity contribution in [3.05, 3.63) is 70.3 Å². The van der Waals surface area contributed by atoms with Crippen molar-refractivity contribution < 1.29 is 19.2 Å². The predicted molar refractivity (Wildman–Crippen MR) is 102 cm³/mol. The predicted octanol–water partition coefficient (Wildman–Crippen LogP) is 3.76. The van der Waals surface area contributed by atoms with Crippen molar-refractivity contribution in [2.75, 3.05) is 12.5 Å². The Kier molecular flexibility index (Phi) is 4.90. The summed E-state index contributed by atoms with van der Waals surface area (Å²) in [6.07, 6.45) is 0. The Balaban J connectivity index is 1.41. The van der Waals surface area contributed by atoms with Crippen LogP contribution in [0.25, 0.3) is 11.3 Å². The van der Waals surface area contributed by atoms with Gasteiger partial charge < -0.3 is 9.47 Å². The Bertz CT molecular complexity index is 1060. The first-order valence-corrected chi connectivity index (χ1v) is 9.23. The van der Waals surface area contributed by atoms with Gasteiger partial charge >= 0.3 is 0 Å². The first kappa shape index (κ1) is 17.9. The van der Waals surface area contributed by atoms with E-state index in [1.165, 1.54) is 30.0 Å². The minimum absolute atomic E-state index is 0.108. The summed E-state index contributed by atoms with van der Waals surface area (Å²) in [7, 11) is 0. The van der Waals surface area contributed by atoms with Gasteiger partial charge in [0.15, 0.2) is 17.3 Å². The lowest BCUT2D eigenvalue weighted by Crippen LogP contribution is -2.03. The first-order chi connectivity index (χ1) is 13.6. The highest BCUT2D eigenvalue weighted by atomic mass is 32.2. The molecule has 0 spiro atoms. The van der Waals surface area contributed by atoms with Crippen LogP contribution in [0.5, 0.6) is 11.5 Å². The van der Waals surface area contributed by atoms with E-state index >= 15 is 0 Å². The standard InChI is InChI=1S/C19H13N3O5S/c23-16(13-2-1-3-14(8-13)22(24)25)10-28-19-7-5-15(20-21-19)12-4-6-17-18(9-12)27-11-26-17/h1-9H,10-11H2. The Morgan fingerprint density at radius 2 is 1.93 bits per heavy atom. The largest absolute Gasteiger partial charge is 0.454 e. The molecule has 2 heterocycles. The van der Waals surface area contributed by atoms with E-state index in [1.54, 1.807) is 12.1 Å². The van der Waals surface area contributed by atoms with Crippen molar-refractivity contribution >= 4 is 23.2 Å². The third kappa shape index (κ3) is 3.79. The fourth-order valence-corrected chi connectivity index (χ4v) is 3.33. The van der Waals surface area contributed by atoms with Gasteiger partial charge in [0.2, 0.25) is 6.79 Å². The van der Waals surface area contributed by atoms with E-state index in [9.17, 15) is 14.9 Å². The maximum Gasteiger partial charge on any atom is 0.270 e. The average Bonchev–Trinajstić information content (AvgIpc) is 3.20. The maximum atomic E-state index is 12.3. The van der Waals surface area contributed by atoms with E-state index in [1.807, 2.05) is 24.3 Å². The van der Waals surface area contributed by atoms with Gasteiger partial charge in [-0.2, -0.15) is 0 Å². The summed E-state index contributed by atoms with van der Waals surface area (Å²) < 4.78 is 10.6. The second-order valence-electron chi connectivity index (χ2n) is 5.84. The Hall–Kier alpha value is -3.46. The SMILES string of the molecule is O=C(CSc1ccc(-c2ccc3c(c2)OCO3)nn1)c1cccc([N+](=O)[O-])c1. The Morgan fingerprint density at radius 1 is 1.07 bits per heavy atom. The van der Waals surface area contributed by atoms with Crippen molar-refractivity contribution in [2.24, 2.45) is 0 Å². The van der Waals surface area contributed by atoms with Gasteiger partial charge in [0.05, 0.1) is 16.4 Å². The molecule has 140 valence electrons. The number of nitro groups is 1. The third-order valence-corrected chi connectivity index (χ3v) is 4.96. The van der Waals surface area contributed by atoms with E-state index in [0.29, 0.717) is 27.8 Å². The lowest BCUT2D eigenvalue weighted by atomic mass is 10.1. The number of benzene rings is 2. The molecule has 4 rings (SSSR count). The number of carbonyl (C=O) groups excluding carboxylic acids is 1. The molecule has 2 aromatic carbocycles. The molecule has 0 unspecified atom stereocenters. The Morgan fingerprint density at radius 3 is 2.71 bits per heavy atom. The number of aromatic nitrogens is 2.